The van der Waals surface area contributed by atoms with Gasteiger partial charge in [-0.15, -0.1) is 0 Å². The highest BCUT2D eigenvalue weighted by atomic mass is 16.8. The Bertz CT molecular complexity index is 565. The lowest BCUT2D eigenvalue weighted by atomic mass is 10.0. The number of rotatable bonds is 6. The molecule has 1 saturated heterocycles. The molecule has 9 nitrogen and oxygen atoms in total. The van der Waals surface area contributed by atoms with Crippen molar-refractivity contribution in [2.45, 2.75) is 36.6 Å². The average Bonchev–Trinajstić information content (AvgIpc) is 2.82. The summed E-state index contributed by atoms with van der Waals surface area (Å²) in [5, 5.41) is 47.5. The van der Waals surface area contributed by atoms with E-state index in [1.165, 1.54) is 12.1 Å². The van der Waals surface area contributed by atoms with Crippen LogP contribution >= 0.6 is 0 Å². The number of hydrogen-bond acceptors (Lipinski definition) is 9. The number of aliphatic hydroxyl groups is 4. The highest BCUT2D eigenvalue weighted by molar-refractivity contribution is 5.76. The summed E-state index contributed by atoms with van der Waals surface area (Å²) in [6.45, 7) is -1.55. The van der Waals surface area contributed by atoms with Crippen LogP contribution in [0.1, 0.15) is 5.56 Å². The van der Waals surface area contributed by atoms with Crippen LogP contribution in [-0.4, -0.2) is 74.9 Å². The maximum atomic E-state index is 12.1. The SMILES string of the molecule is N[C@@H](Cc1ccc(O)cc1)C(=O)O[C@]1(CO)O[C@H](CO)[C@@H](O)[C@@H]1O. The molecule has 0 radical (unpaired) electrons. The number of hydrogen-bond donors (Lipinski definition) is 6. The molecule has 7 N–H and O–H groups in total. The van der Waals surface area contributed by atoms with Gasteiger partial charge in [0.05, 0.1) is 6.61 Å². The molecular weight excluding hydrogens is 322 g/mol. The van der Waals surface area contributed by atoms with Crippen LogP contribution in [0.15, 0.2) is 24.3 Å². The first-order valence-electron chi connectivity index (χ1n) is 7.35. The molecule has 9 heteroatoms. The van der Waals surface area contributed by atoms with Gasteiger partial charge in [-0.2, -0.15) is 0 Å². The lowest BCUT2D eigenvalue weighted by molar-refractivity contribution is -0.265. The second-order valence-electron chi connectivity index (χ2n) is 5.64. The van der Waals surface area contributed by atoms with Crippen molar-refractivity contribution in [1.29, 1.82) is 0 Å². The van der Waals surface area contributed by atoms with Crippen molar-refractivity contribution in [3.05, 3.63) is 29.8 Å². The van der Waals surface area contributed by atoms with Crippen LogP contribution in [0.25, 0.3) is 0 Å². The van der Waals surface area contributed by atoms with Crippen molar-refractivity contribution in [3.8, 4) is 5.75 Å². The molecule has 0 aromatic heterocycles. The zero-order valence-corrected chi connectivity index (χ0v) is 12.8. The fourth-order valence-electron chi connectivity index (χ4n) is 2.47. The average molecular weight is 343 g/mol. The fourth-order valence-corrected chi connectivity index (χ4v) is 2.47. The van der Waals surface area contributed by atoms with Gasteiger partial charge in [-0.1, -0.05) is 12.1 Å². The molecule has 0 bridgehead atoms. The van der Waals surface area contributed by atoms with Crippen molar-refractivity contribution >= 4 is 5.97 Å². The van der Waals surface area contributed by atoms with Crippen LogP contribution in [0.2, 0.25) is 0 Å². The predicted octanol–water partition coefficient (Wildman–Crippen LogP) is -2.39. The smallest absolute Gasteiger partial charge is 0.325 e. The van der Waals surface area contributed by atoms with E-state index >= 15 is 0 Å². The van der Waals surface area contributed by atoms with Gasteiger partial charge in [0.15, 0.2) is 6.10 Å². The number of esters is 1. The van der Waals surface area contributed by atoms with E-state index in [1.54, 1.807) is 12.1 Å². The Morgan fingerprint density at radius 3 is 2.42 bits per heavy atom. The molecular formula is C15H21NO8. The number of benzene rings is 1. The second kappa shape index (κ2) is 7.43. The largest absolute Gasteiger partial charge is 0.508 e. The molecule has 0 unspecified atom stereocenters. The van der Waals surface area contributed by atoms with Crippen molar-refractivity contribution in [2.75, 3.05) is 13.2 Å². The zero-order chi connectivity index (χ0) is 17.9. The van der Waals surface area contributed by atoms with E-state index in [0.717, 1.165) is 0 Å². The van der Waals surface area contributed by atoms with Crippen LogP contribution in [0.4, 0.5) is 0 Å². The normalized spacial score (nSPS) is 31.0. The van der Waals surface area contributed by atoms with Gasteiger partial charge in [-0.3, -0.25) is 4.79 Å². The number of phenolic OH excluding ortho intramolecular Hbond substituents is 1. The lowest BCUT2D eigenvalue weighted by Crippen LogP contribution is -2.52. The molecule has 134 valence electrons. The number of aliphatic hydroxyl groups excluding tert-OH is 4. The second-order valence-corrected chi connectivity index (χ2v) is 5.64. The first kappa shape index (κ1) is 18.6. The summed E-state index contributed by atoms with van der Waals surface area (Å²) >= 11 is 0. The van der Waals surface area contributed by atoms with E-state index in [9.17, 15) is 25.2 Å². The van der Waals surface area contributed by atoms with E-state index in [-0.39, 0.29) is 12.2 Å². The summed E-state index contributed by atoms with van der Waals surface area (Å²) in [6, 6.07) is 4.91. The molecule has 0 spiro atoms. The van der Waals surface area contributed by atoms with E-state index in [1.807, 2.05) is 0 Å². The molecule has 0 amide bonds. The molecule has 1 aliphatic rings. The Labute approximate surface area is 137 Å². The van der Waals surface area contributed by atoms with Gasteiger partial charge in [0.1, 0.15) is 30.6 Å². The van der Waals surface area contributed by atoms with Gasteiger partial charge in [-0.25, -0.2) is 0 Å². The van der Waals surface area contributed by atoms with Gasteiger partial charge in [0.2, 0.25) is 0 Å². The first-order chi connectivity index (χ1) is 11.3. The highest BCUT2D eigenvalue weighted by Crippen LogP contribution is 2.32. The van der Waals surface area contributed by atoms with Gasteiger partial charge >= 0.3 is 5.97 Å². The van der Waals surface area contributed by atoms with Gasteiger partial charge in [-0.05, 0) is 24.1 Å². The van der Waals surface area contributed by atoms with Crippen LogP contribution in [0.5, 0.6) is 5.75 Å². The number of ether oxygens (including phenoxy) is 2. The summed E-state index contributed by atoms with van der Waals surface area (Å²) in [5.74, 6) is -3.07. The Morgan fingerprint density at radius 1 is 1.29 bits per heavy atom. The molecule has 1 aliphatic heterocycles. The zero-order valence-electron chi connectivity index (χ0n) is 12.8. The lowest BCUT2D eigenvalue weighted by Gasteiger charge is -2.30. The van der Waals surface area contributed by atoms with Gasteiger partial charge in [0, 0.05) is 0 Å². The number of aromatic hydroxyl groups is 1. The standard InChI is InChI=1S/C15H21NO8/c16-10(5-8-1-3-9(19)4-2-8)14(22)24-15(7-18)13(21)12(20)11(6-17)23-15/h1-4,10-13,17-21H,5-7,16H2/t10-,11+,12+,13-,15-/m0/s1. The quantitative estimate of drug-likeness (QED) is 0.309. The summed E-state index contributed by atoms with van der Waals surface area (Å²) in [5.41, 5.74) is 6.42. The third-order valence-corrected chi connectivity index (χ3v) is 3.87. The Hall–Kier alpha value is -1.75. The number of carbonyl (C=O) groups is 1. The minimum atomic E-state index is -2.18. The molecule has 0 aliphatic carbocycles. The highest BCUT2D eigenvalue weighted by Gasteiger charge is 2.57. The molecule has 5 atom stereocenters. The van der Waals surface area contributed by atoms with E-state index in [0.29, 0.717) is 5.56 Å². The molecule has 1 heterocycles. The van der Waals surface area contributed by atoms with Gasteiger partial charge < -0.3 is 40.7 Å². The molecule has 2 rings (SSSR count). The third kappa shape index (κ3) is 3.66. The first-order valence-corrected chi connectivity index (χ1v) is 7.35. The molecule has 1 fully saturated rings. The summed E-state index contributed by atoms with van der Waals surface area (Å²) in [4.78, 5) is 12.1. The maximum absolute atomic E-state index is 12.1. The molecule has 1 aromatic carbocycles. The van der Waals surface area contributed by atoms with Crippen molar-refractivity contribution < 1.29 is 39.8 Å². The molecule has 1 aromatic rings. The van der Waals surface area contributed by atoms with E-state index < -0.39 is 49.3 Å². The number of nitrogens with two attached hydrogens (primary N) is 1. The maximum Gasteiger partial charge on any atom is 0.325 e. The number of carbonyl (C=O) groups excluding carboxylic acids is 1. The molecule has 24 heavy (non-hydrogen) atoms. The number of phenols is 1. The monoisotopic (exact) mass is 343 g/mol. The van der Waals surface area contributed by atoms with Crippen LogP contribution in [0.3, 0.4) is 0 Å². The molecule has 0 saturated carbocycles. The van der Waals surface area contributed by atoms with Crippen LogP contribution < -0.4 is 5.73 Å². The fraction of sp³-hybridized carbons (Fsp3) is 0.533. The van der Waals surface area contributed by atoms with Crippen LogP contribution in [0, 0.1) is 0 Å². The van der Waals surface area contributed by atoms with E-state index in [2.05, 4.69) is 0 Å². The van der Waals surface area contributed by atoms with Crippen molar-refractivity contribution in [2.24, 2.45) is 5.73 Å². The predicted molar refractivity (Wildman–Crippen MR) is 79.7 cm³/mol. The van der Waals surface area contributed by atoms with Crippen molar-refractivity contribution in [1.82, 2.24) is 0 Å². The topological polar surface area (TPSA) is 163 Å². The Balaban J connectivity index is 2.05. The van der Waals surface area contributed by atoms with E-state index in [4.69, 9.17) is 20.3 Å². The minimum Gasteiger partial charge on any atom is -0.508 e. The minimum absolute atomic E-state index is 0.0700. The third-order valence-electron chi connectivity index (χ3n) is 3.87. The summed E-state index contributed by atoms with van der Waals surface area (Å²) < 4.78 is 10.1. The summed E-state index contributed by atoms with van der Waals surface area (Å²) in [6.07, 6.45) is -4.37. The van der Waals surface area contributed by atoms with Crippen LogP contribution in [-0.2, 0) is 20.7 Å². The van der Waals surface area contributed by atoms with Gasteiger partial charge in [0.25, 0.3) is 5.79 Å². The summed E-state index contributed by atoms with van der Waals surface area (Å²) in [7, 11) is 0. The Kier molecular flexibility index (Phi) is 5.75. The Morgan fingerprint density at radius 2 is 1.92 bits per heavy atom. The van der Waals surface area contributed by atoms with Crippen molar-refractivity contribution in [3.63, 3.8) is 0 Å².